The molecule has 0 aliphatic carbocycles. The Balaban J connectivity index is 1.61. The Morgan fingerprint density at radius 1 is 1.23 bits per heavy atom. The second-order valence-electron chi connectivity index (χ2n) is 6.85. The molecule has 1 N–H and O–H groups in total. The fourth-order valence-electron chi connectivity index (χ4n) is 3.54. The van der Waals surface area contributed by atoms with E-state index in [1.165, 1.54) is 17.5 Å². The minimum atomic E-state index is 0.119. The third-order valence-corrected chi connectivity index (χ3v) is 6.45. The van der Waals surface area contributed by atoms with E-state index in [1.54, 1.807) is 0 Å². The Bertz CT molecular complexity index is 648. The molecule has 1 unspecified atom stereocenters. The first-order valence-corrected chi connectivity index (χ1v) is 10.8. The van der Waals surface area contributed by atoms with Crippen molar-refractivity contribution in [1.82, 2.24) is 15.1 Å². The monoisotopic (exact) mass is 374 g/mol. The van der Waals surface area contributed by atoms with Crippen LogP contribution < -0.4 is 5.32 Å². The molecule has 1 saturated heterocycles. The molecule has 1 aromatic rings. The van der Waals surface area contributed by atoms with Crippen molar-refractivity contribution in [3.63, 3.8) is 0 Å². The Morgan fingerprint density at radius 3 is 2.81 bits per heavy atom. The summed E-state index contributed by atoms with van der Waals surface area (Å²) in [7, 11) is 0. The van der Waals surface area contributed by atoms with Gasteiger partial charge in [-0.15, -0.1) is 0 Å². The maximum absolute atomic E-state index is 12.7. The van der Waals surface area contributed by atoms with E-state index in [4.69, 9.17) is 0 Å². The van der Waals surface area contributed by atoms with Gasteiger partial charge in [-0.25, -0.2) is 4.99 Å². The fourth-order valence-corrected chi connectivity index (χ4v) is 4.72. The van der Waals surface area contributed by atoms with E-state index in [2.05, 4.69) is 47.3 Å². The fraction of sp³-hybridized carbons (Fsp3) is 0.600. The number of hydrogen-bond acceptors (Lipinski definition) is 3. The highest BCUT2D eigenvalue weighted by Crippen LogP contribution is 2.21. The summed E-state index contributed by atoms with van der Waals surface area (Å²) in [6, 6.07) is 8.41. The van der Waals surface area contributed by atoms with E-state index in [0.29, 0.717) is 11.8 Å². The van der Waals surface area contributed by atoms with Crippen LogP contribution >= 0.6 is 11.8 Å². The van der Waals surface area contributed by atoms with Gasteiger partial charge in [-0.3, -0.25) is 4.79 Å². The molecule has 1 amide bonds. The summed E-state index contributed by atoms with van der Waals surface area (Å²) in [4.78, 5) is 21.6. The van der Waals surface area contributed by atoms with E-state index in [9.17, 15) is 4.79 Å². The van der Waals surface area contributed by atoms with Gasteiger partial charge in [0.15, 0.2) is 5.96 Å². The van der Waals surface area contributed by atoms with Crippen molar-refractivity contribution in [2.75, 3.05) is 38.5 Å². The highest BCUT2D eigenvalue weighted by Gasteiger charge is 2.23. The predicted molar refractivity (Wildman–Crippen MR) is 110 cm³/mol. The zero-order chi connectivity index (χ0) is 18.4. The van der Waals surface area contributed by atoms with E-state index in [-0.39, 0.29) is 12.5 Å². The number of rotatable bonds is 4. The summed E-state index contributed by atoms with van der Waals surface area (Å²) in [5.41, 5.74) is 2.63. The maximum Gasteiger partial charge on any atom is 0.244 e. The summed E-state index contributed by atoms with van der Waals surface area (Å²) in [6.07, 6.45) is 2.11. The molecule has 2 aliphatic rings. The lowest BCUT2D eigenvalue weighted by Gasteiger charge is -2.34. The summed E-state index contributed by atoms with van der Waals surface area (Å²) < 4.78 is 0. The van der Waals surface area contributed by atoms with Gasteiger partial charge in [-0.05, 0) is 30.9 Å². The van der Waals surface area contributed by atoms with Crippen LogP contribution in [0.4, 0.5) is 0 Å². The molecule has 142 valence electrons. The smallest absolute Gasteiger partial charge is 0.244 e. The van der Waals surface area contributed by atoms with Gasteiger partial charge in [0.05, 0.1) is 0 Å². The average Bonchev–Trinajstić information content (AvgIpc) is 2.70. The first-order valence-electron chi connectivity index (χ1n) is 9.70. The number of carbonyl (C=O) groups excluding carboxylic acids is 1. The van der Waals surface area contributed by atoms with Crippen LogP contribution in [0, 0.1) is 0 Å². The molecule has 3 rings (SSSR count). The second-order valence-corrected chi connectivity index (χ2v) is 8.26. The second kappa shape index (κ2) is 9.31. The number of thioether (sulfide) groups is 1. The van der Waals surface area contributed by atoms with Gasteiger partial charge < -0.3 is 15.1 Å². The maximum atomic E-state index is 12.7. The van der Waals surface area contributed by atoms with E-state index < -0.39 is 0 Å². The molecule has 0 aromatic heterocycles. The van der Waals surface area contributed by atoms with Crippen LogP contribution in [0.5, 0.6) is 0 Å². The molecule has 0 spiro atoms. The quantitative estimate of drug-likeness (QED) is 0.649. The number of nitrogens with one attached hydrogen (secondary N) is 1. The summed E-state index contributed by atoms with van der Waals surface area (Å²) in [5.74, 6) is 2.13. The minimum absolute atomic E-state index is 0.119. The van der Waals surface area contributed by atoms with Crippen molar-refractivity contribution in [3.8, 4) is 0 Å². The van der Waals surface area contributed by atoms with Gasteiger partial charge >= 0.3 is 0 Å². The van der Waals surface area contributed by atoms with Crippen molar-refractivity contribution in [3.05, 3.63) is 35.4 Å². The molecule has 1 aromatic carbocycles. The summed E-state index contributed by atoms with van der Waals surface area (Å²) in [5, 5.41) is 4.02. The van der Waals surface area contributed by atoms with E-state index >= 15 is 0 Å². The molecule has 6 heteroatoms. The Labute approximate surface area is 161 Å². The lowest BCUT2D eigenvalue weighted by Crippen LogP contribution is -2.48. The van der Waals surface area contributed by atoms with Crippen LogP contribution in [0.1, 0.15) is 31.4 Å². The third-order valence-electron chi connectivity index (χ3n) is 5.08. The zero-order valence-corrected chi connectivity index (χ0v) is 16.7. The van der Waals surface area contributed by atoms with Crippen LogP contribution in [-0.2, 0) is 17.8 Å². The zero-order valence-electron chi connectivity index (χ0n) is 15.9. The predicted octanol–water partition coefficient (Wildman–Crippen LogP) is 2.36. The van der Waals surface area contributed by atoms with Gasteiger partial charge in [0.25, 0.3) is 0 Å². The number of nitrogens with zero attached hydrogens (tertiary/aromatic N) is 3. The molecule has 26 heavy (non-hydrogen) atoms. The van der Waals surface area contributed by atoms with Crippen molar-refractivity contribution < 1.29 is 4.79 Å². The summed E-state index contributed by atoms with van der Waals surface area (Å²) in [6.45, 7) is 8.88. The van der Waals surface area contributed by atoms with E-state index in [0.717, 1.165) is 44.3 Å². The Morgan fingerprint density at radius 2 is 2.04 bits per heavy atom. The molecule has 1 fully saturated rings. The lowest BCUT2D eigenvalue weighted by molar-refractivity contribution is -0.130. The van der Waals surface area contributed by atoms with E-state index in [1.807, 2.05) is 22.7 Å². The van der Waals surface area contributed by atoms with Crippen LogP contribution in [0.2, 0.25) is 0 Å². The number of guanidine groups is 1. The normalized spacial score (nSPS) is 20.7. The molecular formula is C20H30N4OS. The van der Waals surface area contributed by atoms with Gasteiger partial charge in [0.1, 0.15) is 6.54 Å². The van der Waals surface area contributed by atoms with Gasteiger partial charge in [-0.2, -0.15) is 11.8 Å². The number of amides is 1. The highest BCUT2D eigenvalue weighted by atomic mass is 32.2. The first kappa shape index (κ1) is 19.1. The standard InChI is InChI=1S/C20H30N4OS/c1-3-18-15-24(11-12-26-18)20(21-4-2)22-13-19(25)23-10-9-16-7-5-6-8-17(16)14-23/h5-8,18H,3-4,9-15H2,1-2H3,(H,21,22). The van der Waals surface area contributed by atoms with Gasteiger partial charge in [0, 0.05) is 43.7 Å². The largest absolute Gasteiger partial charge is 0.357 e. The highest BCUT2D eigenvalue weighted by molar-refractivity contribution is 8.00. The molecule has 1 atom stereocenters. The Hall–Kier alpha value is -1.69. The number of fused-ring (bicyclic) bond motifs is 1. The molecule has 0 bridgehead atoms. The third kappa shape index (κ3) is 4.72. The molecule has 2 aliphatic heterocycles. The van der Waals surface area contributed by atoms with Crippen LogP contribution in [-0.4, -0.2) is 65.4 Å². The SMILES string of the molecule is CCNC(=NCC(=O)N1CCc2ccccc2C1)N1CCSC(CC)C1. The number of carbonyl (C=O) groups is 1. The van der Waals surface area contributed by atoms with Crippen LogP contribution in [0.15, 0.2) is 29.3 Å². The van der Waals surface area contributed by atoms with Gasteiger partial charge in [-0.1, -0.05) is 31.2 Å². The molecule has 0 saturated carbocycles. The molecule has 5 nitrogen and oxygen atoms in total. The minimum Gasteiger partial charge on any atom is -0.357 e. The van der Waals surface area contributed by atoms with Crippen molar-refractivity contribution in [2.45, 2.75) is 38.5 Å². The average molecular weight is 375 g/mol. The molecule has 0 radical (unpaired) electrons. The van der Waals surface area contributed by atoms with Gasteiger partial charge in [0.2, 0.25) is 5.91 Å². The number of benzene rings is 1. The Kier molecular flexibility index (Phi) is 6.83. The lowest BCUT2D eigenvalue weighted by atomic mass is 10.00. The number of hydrogen-bond donors (Lipinski definition) is 1. The summed E-state index contributed by atoms with van der Waals surface area (Å²) >= 11 is 2.04. The first-order chi connectivity index (χ1) is 12.7. The van der Waals surface area contributed by atoms with Crippen LogP contribution in [0.25, 0.3) is 0 Å². The molecular weight excluding hydrogens is 344 g/mol. The topological polar surface area (TPSA) is 47.9 Å². The van der Waals surface area contributed by atoms with Crippen molar-refractivity contribution >= 4 is 23.6 Å². The number of aliphatic imine (C=N–C) groups is 1. The van der Waals surface area contributed by atoms with Crippen LogP contribution in [0.3, 0.4) is 0 Å². The van der Waals surface area contributed by atoms with Crippen molar-refractivity contribution in [1.29, 1.82) is 0 Å². The molecule has 2 heterocycles. The van der Waals surface area contributed by atoms with Crippen molar-refractivity contribution in [2.24, 2.45) is 4.99 Å².